The van der Waals surface area contributed by atoms with Crippen LogP contribution in [0.4, 0.5) is 8.78 Å². The monoisotopic (exact) mass is 255 g/mol. The molecule has 0 spiro atoms. The summed E-state index contributed by atoms with van der Waals surface area (Å²) in [6.07, 6.45) is 2.37. The summed E-state index contributed by atoms with van der Waals surface area (Å²) in [5.41, 5.74) is 0.338. The Hall–Kier alpha value is -1.49. The van der Waals surface area contributed by atoms with Crippen LogP contribution in [0.25, 0.3) is 0 Å². The predicted molar refractivity (Wildman–Crippen MR) is 62.0 cm³/mol. The first-order valence-corrected chi connectivity index (χ1v) is 5.98. The van der Waals surface area contributed by atoms with Gasteiger partial charge in [-0.15, -0.1) is 0 Å². The van der Waals surface area contributed by atoms with Crippen molar-refractivity contribution in [2.45, 2.75) is 31.8 Å². The number of aliphatic carboxylic acids is 1. The SMILES string of the molecule is O=C(O)C1CCCCN1Cc1ccc(F)cc1F. The van der Waals surface area contributed by atoms with E-state index in [1.807, 2.05) is 0 Å². The molecule has 0 radical (unpaired) electrons. The fraction of sp³-hybridized carbons (Fsp3) is 0.462. The average molecular weight is 255 g/mol. The van der Waals surface area contributed by atoms with E-state index in [1.54, 1.807) is 4.90 Å². The molecule has 0 aliphatic carbocycles. The average Bonchev–Trinajstić information content (AvgIpc) is 2.33. The Labute approximate surface area is 104 Å². The lowest BCUT2D eigenvalue weighted by atomic mass is 10.0. The normalized spacial score (nSPS) is 20.9. The summed E-state index contributed by atoms with van der Waals surface area (Å²) in [4.78, 5) is 12.8. The van der Waals surface area contributed by atoms with Gasteiger partial charge in [0.25, 0.3) is 0 Å². The molecule has 0 bridgehead atoms. The Morgan fingerprint density at radius 1 is 1.39 bits per heavy atom. The highest BCUT2D eigenvalue weighted by molar-refractivity contribution is 5.73. The molecular formula is C13H15F2NO2. The van der Waals surface area contributed by atoms with Gasteiger partial charge in [0.1, 0.15) is 17.7 Å². The quantitative estimate of drug-likeness (QED) is 0.901. The molecule has 0 amide bonds. The Morgan fingerprint density at radius 2 is 2.17 bits per heavy atom. The molecule has 18 heavy (non-hydrogen) atoms. The lowest BCUT2D eigenvalue weighted by Gasteiger charge is -2.32. The van der Waals surface area contributed by atoms with Gasteiger partial charge in [0.2, 0.25) is 0 Å². The van der Waals surface area contributed by atoms with Gasteiger partial charge in [-0.2, -0.15) is 0 Å². The summed E-state index contributed by atoms with van der Waals surface area (Å²) in [6, 6.07) is 2.83. The molecule has 1 saturated heterocycles. The zero-order valence-electron chi connectivity index (χ0n) is 9.90. The van der Waals surface area contributed by atoms with Crippen molar-refractivity contribution in [1.82, 2.24) is 4.90 Å². The van der Waals surface area contributed by atoms with Crippen molar-refractivity contribution in [1.29, 1.82) is 0 Å². The number of halogens is 2. The van der Waals surface area contributed by atoms with Gasteiger partial charge in [-0.1, -0.05) is 12.5 Å². The molecular weight excluding hydrogens is 240 g/mol. The van der Waals surface area contributed by atoms with Crippen molar-refractivity contribution in [3.05, 3.63) is 35.4 Å². The van der Waals surface area contributed by atoms with E-state index >= 15 is 0 Å². The molecule has 2 rings (SSSR count). The third kappa shape index (κ3) is 2.85. The summed E-state index contributed by atoms with van der Waals surface area (Å²) in [5.74, 6) is -2.12. The summed E-state index contributed by atoms with van der Waals surface area (Å²) in [6.45, 7) is 0.844. The highest BCUT2D eigenvalue weighted by atomic mass is 19.1. The standard InChI is InChI=1S/C13H15F2NO2/c14-10-5-4-9(11(15)7-10)8-16-6-2-1-3-12(16)13(17)18/h4-5,7,12H,1-3,6,8H2,(H,17,18). The fourth-order valence-electron chi connectivity index (χ4n) is 2.33. The van der Waals surface area contributed by atoms with Crippen LogP contribution in [-0.2, 0) is 11.3 Å². The van der Waals surface area contributed by atoms with Crippen LogP contribution in [0.1, 0.15) is 24.8 Å². The third-order valence-corrected chi connectivity index (χ3v) is 3.29. The maximum absolute atomic E-state index is 13.5. The van der Waals surface area contributed by atoms with E-state index in [9.17, 15) is 13.6 Å². The number of piperidine rings is 1. The first kappa shape index (κ1) is 13.0. The van der Waals surface area contributed by atoms with Crippen LogP contribution in [0, 0.1) is 11.6 Å². The fourth-order valence-corrected chi connectivity index (χ4v) is 2.33. The van der Waals surface area contributed by atoms with Crippen molar-refractivity contribution in [2.75, 3.05) is 6.54 Å². The minimum Gasteiger partial charge on any atom is -0.480 e. The molecule has 0 saturated carbocycles. The molecule has 1 aromatic rings. The number of rotatable bonds is 3. The van der Waals surface area contributed by atoms with Crippen molar-refractivity contribution in [2.24, 2.45) is 0 Å². The zero-order chi connectivity index (χ0) is 13.1. The van der Waals surface area contributed by atoms with E-state index < -0.39 is 23.6 Å². The van der Waals surface area contributed by atoms with E-state index in [1.165, 1.54) is 12.1 Å². The van der Waals surface area contributed by atoms with E-state index in [4.69, 9.17) is 5.11 Å². The highest BCUT2D eigenvalue weighted by Crippen LogP contribution is 2.21. The van der Waals surface area contributed by atoms with Crippen molar-refractivity contribution >= 4 is 5.97 Å². The molecule has 1 heterocycles. The van der Waals surface area contributed by atoms with E-state index in [0.29, 0.717) is 18.5 Å². The molecule has 1 unspecified atom stereocenters. The van der Waals surface area contributed by atoms with Gasteiger partial charge in [-0.05, 0) is 25.5 Å². The lowest BCUT2D eigenvalue weighted by Crippen LogP contribution is -2.44. The second kappa shape index (κ2) is 5.44. The van der Waals surface area contributed by atoms with Crippen LogP contribution in [0.5, 0.6) is 0 Å². The second-order valence-electron chi connectivity index (χ2n) is 4.56. The van der Waals surface area contributed by atoms with Crippen LogP contribution >= 0.6 is 0 Å². The Bertz CT molecular complexity index is 451. The lowest BCUT2D eigenvalue weighted by molar-refractivity contribution is -0.144. The number of carboxylic acid groups (broad SMARTS) is 1. The largest absolute Gasteiger partial charge is 0.480 e. The van der Waals surface area contributed by atoms with Crippen molar-refractivity contribution in [3.8, 4) is 0 Å². The first-order valence-electron chi connectivity index (χ1n) is 5.98. The molecule has 1 aliphatic heterocycles. The summed E-state index contributed by atoms with van der Waals surface area (Å²) < 4.78 is 26.3. The Balaban J connectivity index is 2.13. The number of carboxylic acids is 1. The molecule has 1 fully saturated rings. The maximum atomic E-state index is 13.5. The van der Waals surface area contributed by atoms with Gasteiger partial charge in [0, 0.05) is 18.2 Å². The summed E-state index contributed by atoms with van der Waals surface area (Å²) in [5, 5.41) is 9.10. The second-order valence-corrected chi connectivity index (χ2v) is 4.56. The van der Waals surface area contributed by atoms with Crippen molar-refractivity contribution < 1.29 is 18.7 Å². The van der Waals surface area contributed by atoms with E-state index in [0.717, 1.165) is 18.9 Å². The highest BCUT2D eigenvalue weighted by Gasteiger charge is 2.28. The maximum Gasteiger partial charge on any atom is 0.320 e. The number of hydrogen-bond donors (Lipinski definition) is 1. The van der Waals surface area contributed by atoms with Gasteiger partial charge in [0.05, 0.1) is 0 Å². The predicted octanol–water partition coefficient (Wildman–Crippen LogP) is 2.40. The van der Waals surface area contributed by atoms with Crippen LogP contribution < -0.4 is 0 Å². The molecule has 1 aliphatic rings. The molecule has 5 heteroatoms. The minimum atomic E-state index is -0.878. The van der Waals surface area contributed by atoms with Gasteiger partial charge in [-0.3, -0.25) is 9.69 Å². The Kier molecular flexibility index (Phi) is 3.91. The van der Waals surface area contributed by atoms with Gasteiger partial charge >= 0.3 is 5.97 Å². The molecule has 1 atom stereocenters. The number of benzene rings is 1. The van der Waals surface area contributed by atoms with Crippen molar-refractivity contribution in [3.63, 3.8) is 0 Å². The number of nitrogens with zero attached hydrogens (tertiary/aromatic N) is 1. The number of hydrogen-bond acceptors (Lipinski definition) is 2. The first-order chi connectivity index (χ1) is 8.58. The zero-order valence-corrected chi connectivity index (χ0v) is 9.90. The Morgan fingerprint density at radius 3 is 2.83 bits per heavy atom. The molecule has 0 aromatic heterocycles. The molecule has 1 aromatic carbocycles. The van der Waals surface area contributed by atoms with Crippen LogP contribution in [-0.4, -0.2) is 28.6 Å². The minimum absolute atomic E-state index is 0.211. The topological polar surface area (TPSA) is 40.5 Å². The van der Waals surface area contributed by atoms with Crippen LogP contribution in [0.15, 0.2) is 18.2 Å². The molecule has 1 N–H and O–H groups in total. The van der Waals surface area contributed by atoms with E-state index in [-0.39, 0.29) is 6.54 Å². The molecule has 98 valence electrons. The number of likely N-dealkylation sites (tertiary alicyclic amines) is 1. The van der Waals surface area contributed by atoms with E-state index in [2.05, 4.69) is 0 Å². The smallest absolute Gasteiger partial charge is 0.320 e. The summed E-state index contributed by atoms with van der Waals surface area (Å²) >= 11 is 0. The van der Waals surface area contributed by atoms with Crippen LogP contribution in [0.3, 0.4) is 0 Å². The third-order valence-electron chi connectivity index (χ3n) is 3.29. The van der Waals surface area contributed by atoms with Crippen LogP contribution in [0.2, 0.25) is 0 Å². The number of carbonyl (C=O) groups is 1. The van der Waals surface area contributed by atoms with Gasteiger partial charge in [0.15, 0.2) is 0 Å². The molecule has 3 nitrogen and oxygen atoms in total. The summed E-state index contributed by atoms with van der Waals surface area (Å²) in [7, 11) is 0. The van der Waals surface area contributed by atoms with Gasteiger partial charge in [-0.25, -0.2) is 8.78 Å². The van der Waals surface area contributed by atoms with Gasteiger partial charge < -0.3 is 5.11 Å².